The molecule has 1 atom stereocenters. The van der Waals surface area contributed by atoms with E-state index in [0.717, 1.165) is 10.4 Å². The second kappa shape index (κ2) is 7.00. The average Bonchev–Trinajstić information content (AvgIpc) is 2.93. The van der Waals surface area contributed by atoms with Crippen molar-refractivity contribution in [3.05, 3.63) is 21.9 Å². The number of rotatable bonds is 1. The van der Waals surface area contributed by atoms with Gasteiger partial charge >= 0.3 is 12.2 Å². The van der Waals surface area contributed by atoms with E-state index in [4.69, 9.17) is 9.47 Å². The fourth-order valence-corrected chi connectivity index (χ4v) is 4.20. The molecule has 0 fully saturated rings. The molecule has 1 aliphatic rings. The van der Waals surface area contributed by atoms with Gasteiger partial charge in [-0.15, -0.1) is 11.3 Å². The van der Waals surface area contributed by atoms with Crippen LogP contribution in [0.1, 0.15) is 71.9 Å². The summed E-state index contributed by atoms with van der Waals surface area (Å²) in [5.74, 6) is 0. The van der Waals surface area contributed by atoms with Crippen molar-refractivity contribution in [2.24, 2.45) is 0 Å². The Labute approximate surface area is 166 Å². The van der Waals surface area contributed by atoms with E-state index >= 15 is 0 Å². The Bertz CT molecular complexity index is 712. The van der Waals surface area contributed by atoms with E-state index in [1.807, 2.05) is 66.8 Å². The normalized spacial score (nSPS) is 19.3. The summed E-state index contributed by atoms with van der Waals surface area (Å²) in [5.41, 5.74) is -0.632. The zero-order valence-corrected chi connectivity index (χ0v) is 18.7. The van der Waals surface area contributed by atoms with E-state index in [-0.39, 0.29) is 12.1 Å². The van der Waals surface area contributed by atoms with Crippen LogP contribution in [0.15, 0.2) is 11.4 Å². The molecular formula is C20H32N2O4S. The highest BCUT2D eigenvalue weighted by atomic mass is 32.1. The van der Waals surface area contributed by atoms with Gasteiger partial charge in [-0.2, -0.15) is 0 Å². The van der Waals surface area contributed by atoms with E-state index in [0.29, 0.717) is 6.54 Å². The number of thiophene rings is 1. The van der Waals surface area contributed by atoms with Crippen LogP contribution < -0.4 is 0 Å². The van der Waals surface area contributed by atoms with Gasteiger partial charge < -0.3 is 14.4 Å². The van der Waals surface area contributed by atoms with Crippen LogP contribution in [-0.4, -0.2) is 46.8 Å². The summed E-state index contributed by atoms with van der Waals surface area (Å²) in [6.45, 7) is 15.4. The fourth-order valence-electron chi connectivity index (χ4n) is 3.11. The molecule has 1 aromatic heterocycles. The lowest BCUT2D eigenvalue weighted by Gasteiger charge is -2.47. The van der Waals surface area contributed by atoms with Gasteiger partial charge in [0, 0.05) is 18.5 Å². The van der Waals surface area contributed by atoms with Crippen molar-refractivity contribution in [3.8, 4) is 0 Å². The first kappa shape index (κ1) is 21.5. The number of carbonyl (C=O) groups excluding carboxylic acids is 2. The molecule has 1 aromatic rings. The highest BCUT2D eigenvalue weighted by Gasteiger charge is 2.46. The molecule has 0 radical (unpaired) electrons. The van der Waals surface area contributed by atoms with E-state index in [2.05, 4.69) is 0 Å². The monoisotopic (exact) mass is 396 g/mol. The minimum Gasteiger partial charge on any atom is -0.444 e. The van der Waals surface area contributed by atoms with Crippen molar-refractivity contribution in [1.29, 1.82) is 0 Å². The number of amides is 2. The van der Waals surface area contributed by atoms with Gasteiger partial charge in [0.25, 0.3) is 0 Å². The van der Waals surface area contributed by atoms with E-state index < -0.39 is 22.8 Å². The topological polar surface area (TPSA) is 59.1 Å². The Morgan fingerprint density at radius 3 is 2.22 bits per heavy atom. The van der Waals surface area contributed by atoms with Crippen LogP contribution in [0.3, 0.4) is 0 Å². The number of carbonyl (C=O) groups is 2. The van der Waals surface area contributed by atoms with Gasteiger partial charge in [0.15, 0.2) is 0 Å². The zero-order chi connectivity index (χ0) is 20.8. The Morgan fingerprint density at radius 2 is 1.70 bits per heavy atom. The Hall–Kier alpha value is -1.76. The maximum Gasteiger partial charge on any atom is 0.411 e. The molecule has 152 valence electrons. The standard InChI is InChI=1S/C20H32N2O4S/c1-18(2,3)25-16(23)21(9)14-12-22(17(24)26-19(4,5)6)20(7,8)15-13(14)10-11-27-15/h10-11,14H,12H2,1-9H3. The first-order valence-electron chi connectivity index (χ1n) is 9.18. The molecule has 7 heteroatoms. The maximum atomic E-state index is 12.9. The molecule has 6 nitrogen and oxygen atoms in total. The molecule has 27 heavy (non-hydrogen) atoms. The molecule has 0 N–H and O–H groups in total. The fraction of sp³-hybridized carbons (Fsp3) is 0.700. The molecule has 0 aliphatic carbocycles. The predicted octanol–water partition coefficient (Wildman–Crippen LogP) is 5.14. The molecule has 0 bridgehead atoms. The Morgan fingerprint density at radius 1 is 1.15 bits per heavy atom. The van der Waals surface area contributed by atoms with Gasteiger partial charge in [-0.25, -0.2) is 9.59 Å². The second-order valence-corrected chi connectivity index (χ2v) is 10.4. The summed E-state index contributed by atoms with van der Waals surface area (Å²) in [7, 11) is 1.71. The Balaban J connectivity index is 2.37. The molecular weight excluding hydrogens is 364 g/mol. The van der Waals surface area contributed by atoms with Gasteiger partial charge in [-0.05, 0) is 72.4 Å². The average molecular weight is 397 g/mol. The lowest BCUT2D eigenvalue weighted by molar-refractivity contribution is -0.0175. The van der Waals surface area contributed by atoms with Gasteiger partial charge in [-0.1, -0.05) is 0 Å². The van der Waals surface area contributed by atoms with Crippen molar-refractivity contribution < 1.29 is 19.1 Å². The highest BCUT2D eigenvalue weighted by Crippen LogP contribution is 2.44. The summed E-state index contributed by atoms with van der Waals surface area (Å²) in [6, 6.07) is 1.74. The molecule has 2 amide bonds. The molecule has 0 aromatic carbocycles. The van der Waals surface area contributed by atoms with Crippen molar-refractivity contribution in [2.45, 2.75) is 78.2 Å². The highest BCUT2D eigenvalue weighted by molar-refractivity contribution is 7.10. The molecule has 0 spiro atoms. The first-order chi connectivity index (χ1) is 12.1. The molecule has 1 aliphatic heterocycles. The van der Waals surface area contributed by atoms with Gasteiger partial charge in [0.1, 0.15) is 11.2 Å². The van der Waals surface area contributed by atoms with Crippen molar-refractivity contribution in [3.63, 3.8) is 0 Å². The summed E-state index contributed by atoms with van der Waals surface area (Å²) in [6.07, 6.45) is -0.789. The van der Waals surface area contributed by atoms with Crippen LogP contribution >= 0.6 is 11.3 Å². The van der Waals surface area contributed by atoms with Gasteiger partial charge in [0.05, 0.1) is 11.6 Å². The van der Waals surface area contributed by atoms with Crippen molar-refractivity contribution in [1.82, 2.24) is 9.80 Å². The summed E-state index contributed by atoms with van der Waals surface area (Å²) in [5, 5.41) is 2.00. The van der Waals surface area contributed by atoms with E-state index in [9.17, 15) is 9.59 Å². The minimum absolute atomic E-state index is 0.290. The van der Waals surface area contributed by atoms with Crippen LogP contribution in [0, 0.1) is 0 Å². The largest absolute Gasteiger partial charge is 0.444 e. The van der Waals surface area contributed by atoms with Crippen molar-refractivity contribution in [2.75, 3.05) is 13.6 Å². The van der Waals surface area contributed by atoms with Crippen molar-refractivity contribution >= 4 is 23.5 Å². The number of hydrogen-bond acceptors (Lipinski definition) is 5. The van der Waals surface area contributed by atoms with E-state index in [1.54, 1.807) is 28.2 Å². The van der Waals surface area contributed by atoms with Crippen LogP contribution in [0.2, 0.25) is 0 Å². The molecule has 2 heterocycles. The number of hydrogen-bond donors (Lipinski definition) is 0. The zero-order valence-electron chi connectivity index (χ0n) is 17.9. The summed E-state index contributed by atoms with van der Waals surface area (Å²) >= 11 is 1.59. The third-order valence-electron chi connectivity index (χ3n) is 4.40. The van der Waals surface area contributed by atoms with E-state index in [1.165, 1.54) is 0 Å². The maximum absolute atomic E-state index is 12.9. The van der Waals surface area contributed by atoms with Gasteiger partial charge in [0.2, 0.25) is 0 Å². The minimum atomic E-state index is -0.588. The SMILES string of the molecule is CN(C(=O)OC(C)(C)C)C1CN(C(=O)OC(C)(C)C)C(C)(C)c2sccc21. The molecule has 1 unspecified atom stereocenters. The molecule has 0 saturated heterocycles. The molecule has 2 rings (SSSR count). The van der Waals surface area contributed by atoms with Crippen LogP contribution in [0.5, 0.6) is 0 Å². The number of ether oxygens (including phenoxy) is 2. The first-order valence-corrected chi connectivity index (χ1v) is 10.1. The van der Waals surface area contributed by atoms with Crippen LogP contribution in [0.25, 0.3) is 0 Å². The third-order valence-corrected chi connectivity index (χ3v) is 5.65. The lowest BCUT2D eigenvalue weighted by Crippen LogP contribution is -2.55. The quantitative estimate of drug-likeness (QED) is 0.659. The molecule has 0 saturated carbocycles. The predicted molar refractivity (Wildman–Crippen MR) is 107 cm³/mol. The van der Waals surface area contributed by atoms with Gasteiger partial charge in [-0.3, -0.25) is 4.90 Å². The number of likely N-dealkylation sites (N-methyl/N-ethyl adjacent to an activating group) is 1. The smallest absolute Gasteiger partial charge is 0.411 e. The lowest BCUT2D eigenvalue weighted by atomic mass is 9.88. The number of fused-ring (bicyclic) bond motifs is 1. The second-order valence-electron chi connectivity index (χ2n) is 9.46. The third kappa shape index (κ3) is 4.75. The number of nitrogens with zero attached hydrogens (tertiary/aromatic N) is 2. The van der Waals surface area contributed by atoms with Crippen LogP contribution in [-0.2, 0) is 15.0 Å². The summed E-state index contributed by atoms with van der Waals surface area (Å²) in [4.78, 5) is 29.9. The van der Waals surface area contributed by atoms with Crippen LogP contribution in [0.4, 0.5) is 9.59 Å². The summed E-state index contributed by atoms with van der Waals surface area (Å²) < 4.78 is 11.2. The Kier molecular flexibility index (Phi) is 5.59.